The van der Waals surface area contributed by atoms with E-state index in [-0.39, 0.29) is 17.8 Å². The highest BCUT2D eigenvalue weighted by Gasteiger charge is 2.24. The van der Waals surface area contributed by atoms with Crippen LogP contribution in [0.5, 0.6) is 0 Å². The van der Waals surface area contributed by atoms with E-state index in [1.165, 1.54) is 12.1 Å². The zero-order valence-electron chi connectivity index (χ0n) is 21.4. The Hall–Kier alpha value is -4.73. The maximum Gasteiger partial charge on any atom is 0.233 e. The van der Waals surface area contributed by atoms with E-state index in [0.717, 1.165) is 28.2 Å². The lowest BCUT2D eigenvalue weighted by molar-refractivity contribution is 0.620. The lowest BCUT2D eigenvalue weighted by Crippen LogP contribution is -2.10. The summed E-state index contributed by atoms with van der Waals surface area (Å²) in [4.78, 5) is 13.5. The summed E-state index contributed by atoms with van der Waals surface area (Å²) < 4.78 is 13.7. The van der Waals surface area contributed by atoms with Gasteiger partial charge in [-0.25, -0.2) is 4.39 Å². The maximum atomic E-state index is 13.7. The van der Waals surface area contributed by atoms with Crippen LogP contribution in [0.2, 0.25) is 10.0 Å². The molecule has 0 fully saturated rings. The van der Waals surface area contributed by atoms with Gasteiger partial charge >= 0.3 is 0 Å². The number of nitrogens with one attached hydrogen (secondary N) is 4. The van der Waals surface area contributed by atoms with Crippen LogP contribution in [0.3, 0.4) is 0 Å². The van der Waals surface area contributed by atoms with Gasteiger partial charge in [0, 0.05) is 23.5 Å². The second kappa shape index (κ2) is 11.8. The standard InChI is InChI=1S/C30H23Cl2FN8/c31-24-11-5-10-23(27(24)32)26-17-25(40-41-26)18-12-14-21(15-13-18)35-29-37-28(34-20-7-2-1-3-8-20)38-30(39-29)36-22-9-4-6-19(33)16-22/h1-16,26,41H,17H2,(H3,34,35,36,37,38,39). The summed E-state index contributed by atoms with van der Waals surface area (Å²) in [6, 6.07) is 29.0. The first kappa shape index (κ1) is 26.5. The van der Waals surface area contributed by atoms with Crippen LogP contribution in [0.1, 0.15) is 23.6 Å². The van der Waals surface area contributed by atoms with Gasteiger partial charge < -0.3 is 21.4 Å². The molecule has 8 nitrogen and oxygen atoms in total. The molecular weight excluding hydrogens is 562 g/mol. The van der Waals surface area contributed by atoms with E-state index >= 15 is 0 Å². The summed E-state index contributed by atoms with van der Waals surface area (Å²) in [7, 11) is 0. The third-order valence-electron chi connectivity index (χ3n) is 6.33. The fraction of sp³-hybridized carbons (Fsp3) is 0.0667. The van der Waals surface area contributed by atoms with Gasteiger partial charge in [-0.2, -0.15) is 20.1 Å². The zero-order chi connectivity index (χ0) is 28.2. The average Bonchev–Trinajstić information content (AvgIpc) is 3.46. The Labute approximate surface area is 245 Å². The number of anilines is 6. The minimum absolute atomic E-state index is 0.0567. The monoisotopic (exact) mass is 584 g/mol. The van der Waals surface area contributed by atoms with Gasteiger partial charge in [0.15, 0.2) is 0 Å². The van der Waals surface area contributed by atoms with Crippen molar-refractivity contribution in [3.8, 4) is 0 Å². The van der Waals surface area contributed by atoms with E-state index in [4.69, 9.17) is 23.2 Å². The molecular formula is C30H23Cl2FN8. The molecule has 1 unspecified atom stereocenters. The van der Waals surface area contributed by atoms with E-state index in [2.05, 4.69) is 41.4 Å². The Balaban J connectivity index is 1.20. The number of hydrogen-bond donors (Lipinski definition) is 4. The second-order valence-corrected chi connectivity index (χ2v) is 10.0. The van der Waals surface area contributed by atoms with Crippen molar-refractivity contribution in [1.29, 1.82) is 0 Å². The predicted molar refractivity (Wildman–Crippen MR) is 162 cm³/mol. The lowest BCUT2D eigenvalue weighted by Gasteiger charge is -2.13. The molecule has 2 heterocycles. The van der Waals surface area contributed by atoms with Crippen molar-refractivity contribution >= 4 is 63.8 Å². The van der Waals surface area contributed by atoms with Crippen LogP contribution in [0, 0.1) is 5.82 Å². The fourth-order valence-electron chi connectivity index (χ4n) is 4.36. The minimum atomic E-state index is -0.366. The highest BCUT2D eigenvalue weighted by molar-refractivity contribution is 6.42. The molecule has 6 rings (SSSR count). The van der Waals surface area contributed by atoms with E-state index in [0.29, 0.717) is 34.1 Å². The number of aromatic nitrogens is 3. The summed E-state index contributed by atoms with van der Waals surface area (Å²) in [5.41, 5.74) is 8.05. The van der Waals surface area contributed by atoms with Crippen LogP contribution < -0.4 is 21.4 Å². The van der Waals surface area contributed by atoms with Gasteiger partial charge in [-0.05, 0) is 59.7 Å². The third kappa shape index (κ3) is 6.37. The van der Waals surface area contributed by atoms with Crippen LogP contribution in [0.4, 0.5) is 39.3 Å². The molecule has 1 aliphatic heterocycles. The summed E-state index contributed by atoms with van der Waals surface area (Å²) >= 11 is 12.6. The molecule has 0 radical (unpaired) electrons. The molecule has 0 bridgehead atoms. The Morgan fingerprint density at radius 2 is 1.29 bits per heavy atom. The molecule has 1 aromatic heterocycles. The molecule has 4 N–H and O–H groups in total. The van der Waals surface area contributed by atoms with Gasteiger partial charge in [-0.15, -0.1) is 0 Å². The van der Waals surface area contributed by atoms with E-state index in [9.17, 15) is 4.39 Å². The Morgan fingerprint density at radius 3 is 1.98 bits per heavy atom. The largest absolute Gasteiger partial charge is 0.324 e. The number of nitrogens with zero attached hydrogens (tertiary/aromatic N) is 4. The van der Waals surface area contributed by atoms with Crippen molar-refractivity contribution in [1.82, 2.24) is 20.4 Å². The molecule has 5 aromatic rings. The van der Waals surface area contributed by atoms with Crippen LogP contribution in [-0.4, -0.2) is 20.7 Å². The van der Waals surface area contributed by atoms with Crippen LogP contribution >= 0.6 is 23.2 Å². The first-order chi connectivity index (χ1) is 20.0. The smallest absolute Gasteiger partial charge is 0.233 e. The van der Waals surface area contributed by atoms with Gasteiger partial charge in [0.2, 0.25) is 17.8 Å². The maximum absolute atomic E-state index is 13.7. The molecule has 1 aliphatic rings. The average molecular weight is 585 g/mol. The van der Waals surface area contributed by atoms with Crippen molar-refractivity contribution in [3.05, 3.63) is 124 Å². The quantitative estimate of drug-likeness (QED) is 0.147. The van der Waals surface area contributed by atoms with Gasteiger partial charge in [-0.1, -0.05) is 71.7 Å². The summed E-state index contributed by atoms with van der Waals surface area (Å²) in [5, 5.41) is 15.0. The number of benzene rings is 4. The molecule has 0 spiro atoms. The number of hydrogen-bond acceptors (Lipinski definition) is 8. The first-order valence-electron chi connectivity index (χ1n) is 12.7. The van der Waals surface area contributed by atoms with Crippen molar-refractivity contribution < 1.29 is 4.39 Å². The number of rotatable bonds is 8. The highest BCUT2D eigenvalue weighted by Crippen LogP contribution is 2.34. The van der Waals surface area contributed by atoms with Crippen molar-refractivity contribution in [2.24, 2.45) is 5.10 Å². The molecule has 4 aromatic carbocycles. The second-order valence-electron chi connectivity index (χ2n) is 9.22. The molecule has 0 amide bonds. The van der Waals surface area contributed by atoms with Gasteiger partial charge in [-0.3, -0.25) is 0 Å². The predicted octanol–water partition coefficient (Wildman–Crippen LogP) is 7.99. The molecule has 0 saturated heterocycles. The summed E-state index contributed by atoms with van der Waals surface area (Å²) in [6.45, 7) is 0. The van der Waals surface area contributed by atoms with Crippen molar-refractivity contribution in [3.63, 3.8) is 0 Å². The molecule has 1 atom stereocenters. The van der Waals surface area contributed by atoms with Crippen LogP contribution in [0.15, 0.2) is 102 Å². The first-order valence-corrected chi connectivity index (χ1v) is 13.5. The topological polar surface area (TPSA) is 99.2 Å². The molecule has 204 valence electrons. The SMILES string of the molecule is Fc1cccc(Nc2nc(Nc3ccccc3)nc(Nc3ccc(C4=NNC(c5cccc(Cl)c5Cl)C4)cc3)n2)c1. The van der Waals surface area contributed by atoms with Crippen molar-refractivity contribution in [2.45, 2.75) is 12.5 Å². The Kier molecular flexibility index (Phi) is 7.62. The van der Waals surface area contributed by atoms with E-state index in [1.807, 2.05) is 66.7 Å². The molecule has 0 saturated carbocycles. The minimum Gasteiger partial charge on any atom is -0.324 e. The molecule has 41 heavy (non-hydrogen) atoms. The number of para-hydroxylation sites is 1. The fourth-order valence-corrected chi connectivity index (χ4v) is 4.80. The molecule has 0 aliphatic carbocycles. The van der Waals surface area contributed by atoms with Crippen LogP contribution in [-0.2, 0) is 0 Å². The van der Waals surface area contributed by atoms with Gasteiger partial charge in [0.25, 0.3) is 0 Å². The number of hydrazone groups is 1. The summed E-state index contributed by atoms with van der Waals surface area (Å²) in [6.07, 6.45) is 0.671. The van der Waals surface area contributed by atoms with Crippen molar-refractivity contribution in [2.75, 3.05) is 16.0 Å². The lowest BCUT2D eigenvalue weighted by atomic mass is 9.99. The van der Waals surface area contributed by atoms with Gasteiger partial charge in [0.1, 0.15) is 5.82 Å². The Bertz CT molecular complexity index is 1710. The van der Waals surface area contributed by atoms with Gasteiger partial charge in [0.05, 0.1) is 21.8 Å². The Morgan fingerprint density at radius 1 is 0.683 bits per heavy atom. The number of halogens is 3. The molecule has 11 heteroatoms. The normalized spacial score (nSPS) is 14.2. The third-order valence-corrected chi connectivity index (χ3v) is 7.16. The summed E-state index contributed by atoms with van der Waals surface area (Å²) in [5.74, 6) is 0.511. The van der Waals surface area contributed by atoms with E-state index < -0.39 is 0 Å². The van der Waals surface area contributed by atoms with E-state index in [1.54, 1.807) is 18.2 Å². The van der Waals surface area contributed by atoms with Crippen LogP contribution in [0.25, 0.3) is 0 Å². The zero-order valence-corrected chi connectivity index (χ0v) is 23.0. The highest BCUT2D eigenvalue weighted by atomic mass is 35.5.